The molecule has 1 fully saturated rings. The summed E-state index contributed by atoms with van der Waals surface area (Å²) in [6, 6.07) is 11.9. The van der Waals surface area contributed by atoms with Crippen LogP contribution in [-0.2, 0) is 22.6 Å². The average Bonchev–Trinajstić information content (AvgIpc) is 2.77. The third-order valence-corrected chi connectivity index (χ3v) is 5.96. The van der Waals surface area contributed by atoms with Gasteiger partial charge in [-0.3, -0.25) is 9.59 Å². The molecule has 0 radical (unpaired) electrons. The summed E-state index contributed by atoms with van der Waals surface area (Å²) in [7, 11) is 2.14. The Morgan fingerprint density at radius 2 is 1.97 bits per heavy atom. The summed E-state index contributed by atoms with van der Waals surface area (Å²) in [4.78, 5) is 33.7. The van der Waals surface area contributed by atoms with E-state index in [0.29, 0.717) is 25.8 Å². The molecule has 30 heavy (non-hydrogen) atoms. The van der Waals surface area contributed by atoms with Crippen molar-refractivity contribution in [2.45, 2.75) is 25.8 Å². The minimum absolute atomic E-state index is 0.00481. The zero-order valence-electron chi connectivity index (χ0n) is 17.4. The molecule has 7 nitrogen and oxygen atoms in total. The molecule has 0 aliphatic carbocycles. The minimum Gasteiger partial charge on any atom is -0.354 e. The Hall–Kier alpha value is -2.93. The predicted molar refractivity (Wildman–Crippen MR) is 117 cm³/mol. The number of hydrogen-bond donors (Lipinski definition) is 2. The summed E-state index contributed by atoms with van der Waals surface area (Å²) in [5, 5.41) is 5.89. The van der Waals surface area contributed by atoms with Gasteiger partial charge in [-0.05, 0) is 43.1 Å². The number of pyridine rings is 1. The van der Waals surface area contributed by atoms with Crippen molar-refractivity contribution in [3.63, 3.8) is 0 Å². The van der Waals surface area contributed by atoms with Crippen molar-refractivity contribution in [3.05, 3.63) is 53.7 Å². The SMILES string of the molecule is CN1CCN(c2ccc(CNC(=O)CCC3Cc4ccccc4NC3=O)cn2)CC1. The topological polar surface area (TPSA) is 77.6 Å². The molecule has 2 aromatic rings. The molecule has 1 aromatic heterocycles. The van der Waals surface area contributed by atoms with E-state index in [0.717, 1.165) is 48.8 Å². The highest BCUT2D eigenvalue weighted by molar-refractivity contribution is 5.96. The van der Waals surface area contributed by atoms with Crippen LogP contribution in [0.1, 0.15) is 24.0 Å². The summed E-state index contributed by atoms with van der Waals surface area (Å²) >= 11 is 0. The van der Waals surface area contributed by atoms with Gasteiger partial charge in [0.2, 0.25) is 11.8 Å². The maximum Gasteiger partial charge on any atom is 0.227 e. The molecule has 2 aliphatic rings. The summed E-state index contributed by atoms with van der Waals surface area (Å²) in [5.74, 6) is 0.798. The largest absolute Gasteiger partial charge is 0.354 e. The van der Waals surface area contributed by atoms with Gasteiger partial charge in [0.1, 0.15) is 5.82 Å². The lowest BCUT2D eigenvalue weighted by atomic mass is 9.89. The highest BCUT2D eigenvalue weighted by atomic mass is 16.2. The van der Waals surface area contributed by atoms with Gasteiger partial charge in [0.05, 0.1) is 0 Å². The van der Waals surface area contributed by atoms with Gasteiger partial charge in [-0.25, -0.2) is 4.98 Å². The maximum atomic E-state index is 12.3. The quantitative estimate of drug-likeness (QED) is 0.766. The first-order valence-corrected chi connectivity index (χ1v) is 10.6. The Bertz CT molecular complexity index is 891. The third kappa shape index (κ3) is 4.97. The van der Waals surface area contributed by atoms with Crippen molar-refractivity contribution in [2.24, 2.45) is 5.92 Å². The summed E-state index contributed by atoms with van der Waals surface area (Å²) < 4.78 is 0. The van der Waals surface area contributed by atoms with E-state index in [1.807, 2.05) is 42.6 Å². The van der Waals surface area contributed by atoms with Gasteiger partial charge in [-0.2, -0.15) is 0 Å². The maximum absolute atomic E-state index is 12.3. The van der Waals surface area contributed by atoms with E-state index in [-0.39, 0.29) is 17.7 Å². The molecule has 2 amide bonds. The van der Waals surface area contributed by atoms with E-state index in [1.54, 1.807) is 0 Å². The number of likely N-dealkylation sites (N-methyl/N-ethyl adjacent to an activating group) is 1. The molecule has 3 heterocycles. The zero-order chi connectivity index (χ0) is 20.9. The van der Waals surface area contributed by atoms with Crippen LogP contribution in [0.3, 0.4) is 0 Å². The van der Waals surface area contributed by atoms with Crippen LogP contribution in [-0.4, -0.2) is 54.9 Å². The summed E-state index contributed by atoms with van der Waals surface area (Å²) in [5.41, 5.74) is 3.00. The molecule has 0 spiro atoms. The smallest absolute Gasteiger partial charge is 0.227 e. The molecule has 1 saturated heterocycles. The van der Waals surface area contributed by atoms with Crippen LogP contribution in [0.15, 0.2) is 42.6 Å². The number of benzene rings is 1. The van der Waals surface area contributed by atoms with Gasteiger partial charge < -0.3 is 20.4 Å². The van der Waals surface area contributed by atoms with Crippen molar-refractivity contribution >= 4 is 23.3 Å². The Balaban J connectivity index is 1.22. The van der Waals surface area contributed by atoms with Crippen molar-refractivity contribution in [1.82, 2.24) is 15.2 Å². The van der Waals surface area contributed by atoms with Gasteiger partial charge in [0.25, 0.3) is 0 Å². The monoisotopic (exact) mass is 407 g/mol. The molecule has 0 saturated carbocycles. The fourth-order valence-electron chi connectivity index (χ4n) is 3.98. The number of nitrogens with one attached hydrogen (secondary N) is 2. The second-order valence-corrected chi connectivity index (χ2v) is 8.18. The molecule has 1 atom stereocenters. The van der Waals surface area contributed by atoms with Crippen LogP contribution in [0.5, 0.6) is 0 Å². The fourth-order valence-corrected chi connectivity index (χ4v) is 3.98. The van der Waals surface area contributed by atoms with Crippen molar-refractivity contribution in [1.29, 1.82) is 0 Å². The average molecular weight is 408 g/mol. The van der Waals surface area contributed by atoms with Crippen LogP contribution in [0, 0.1) is 5.92 Å². The first-order chi connectivity index (χ1) is 14.6. The van der Waals surface area contributed by atoms with Gasteiger partial charge in [-0.1, -0.05) is 24.3 Å². The lowest BCUT2D eigenvalue weighted by molar-refractivity contribution is -0.122. The first-order valence-electron chi connectivity index (χ1n) is 10.6. The molecule has 1 aromatic carbocycles. The number of aromatic nitrogens is 1. The Labute approximate surface area is 177 Å². The van der Waals surface area contributed by atoms with Crippen molar-refractivity contribution < 1.29 is 9.59 Å². The number of amides is 2. The van der Waals surface area contributed by atoms with Gasteiger partial charge in [0, 0.05) is 56.9 Å². The number of piperazine rings is 1. The molecular formula is C23H29N5O2. The number of carbonyl (C=O) groups excluding carboxylic acids is 2. The Morgan fingerprint density at radius 1 is 1.17 bits per heavy atom. The van der Waals surface area contributed by atoms with Crippen molar-refractivity contribution in [3.8, 4) is 0 Å². The van der Waals surface area contributed by atoms with Crippen LogP contribution in [0.2, 0.25) is 0 Å². The number of anilines is 2. The van der Waals surface area contributed by atoms with E-state index in [9.17, 15) is 9.59 Å². The van der Waals surface area contributed by atoms with E-state index in [2.05, 4.69) is 32.5 Å². The number of hydrogen-bond acceptors (Lipinski definition) is 5. The Morgan fingerprint density at radius 3 is 2.73 bits per heavy atom. The van der Waals surface area contributed by atoms with Gasteiger partial charge >= 0.3 is 0 Å². The molecule has 2 N–H and O–H groups in total. The molecule has 158 valence electrons. The molecule has 0 bridgehead atoms. The van der Waals surface area contributed by atoms with E-state index < -0.39 is 0 Å². The van der Waals surface area contributed by atoms with Crippen molar-refractivity contribution in [2.75, 3.05) is 43.4 Å². The Kier molecular flexibility index (Phi) is 6.28. The first kappa shape index (κ1) is 20.3. The van der Waals surface area contributed by atoms with E-state index >= 15 is 0 Å². The molecular weight excluding hydrogens is 378 g/mol. The van der Waals surface area contributed by atoms with Crippen LogP contribution < -0.4 is 15.5 Å². The lowest BCUT2D eigenvalue weighted by Crippen LogP contribution is -2.44. The molecule has 7 heteroatoms. The van der Waals surface area contributed by atoms with Crippen LogP contribution in [0.25, 0.3) is 0 Å². The van der Waals surface area contributed by atoms with Crippen LogP contribution in [0.4, 0.5) is 11.5 Å². The normalized spacial score (nSPS) is 19.2. The molecule has 2 aliphatic heterocycles. The second-order valence-electron chi connectivity index (χ2n) is 8.18. The number of para-hydroxylation sites is 1. The van der Waals surface area contributed by atoms with E-state index in [4.69, 9.17) is 0 Å². The highest BCUT2D eigenvalue weighted by Crippen LogP contribution is 2.27. The minimum atomic E-state index is -0.157. The van der Waals surface area contributed by atoms with Gasteiger partial charge in [0.15, 0.2) is 0 Å². The van der Waals surface area contributed by atoms with E-state index in [1.165, 1.54) is 0 Å². The third-order valence-electron chi connectivity index (χ3n) is 5.96. The fraction of sp³-hybridized carbons (Fsp3) is 0.435. The lowest BCUT2D eigenvalue weighted by Gasteiger charge is -2.33. The number of fused-ring (bicyclic) bond motifs is 1. The second kappa shape index (κ2) is 9.26. The summed E-state index contributed by atoms with van der Waals surface area (Å²) in [6.07, 6.45) is 3.41. The number of nitrogens with zero attached hydrogens (tertiary/aromatic N) is 3. The number of rotatable bonds is 6. The standard InChI is InChI=1S/C23H29N5O2/c1-27-10-12-28(13-11-27)21-8-6-17(15-24-21)16-25-22(29)9-7-19-14-18-4-2-3-5-20(18)26-23(19)30/h2-6,8,15,19H,7,9-14,16H2,1H3,(H,25,29)(H,26,30). The highest BCUT2D eigenvalue weighted by Gasteiger charge is 2.26. The zero-order valence-corrected chi connectivity index (χ0v) is 17.4. The molecule has 1 unspecified atom stereocenters. The molecule has 4 rings (SSSR count). The number of carbonyl (C=O) groups is 2. The van der Waals surface area contributed by atoms with Crippen LogP contribution >= 0.6 is 0 Å². The summed E-state index contributed by atoms with van der Waals surface area (Å²) in [6.45, 7) is 4.51. The predicted octanol–water partition coefficient (Wildman–Crippen LogP) is 2.04. The van der Waals surface area contributed by atoms with Gasteiger partial charge in [-0.15, -0.1) is 0 Å².